The van der Waals surface area contributed by atoms with Crippen molar-refractivity contribution in [2.75, 3.05) is 0 Å². The van der Waals surface area contributed by atoms with Gasteiger partial charge in [-0.3, -0.25) is 0 Å². The minimum atomic E-state index is -0.651. The number of nitrogens with one attached hydrogen (secondary N) is 1. The van der Waals surface area contributed by atoms with E-state index in [-0.39, 0.29) is 0 Å². The summed E-state index contributed by atoms with van der Waals surface area (Å²) >= 11 is 0. The highest BCUT2D eigenvalue weighted by Gasteiger charge is 1.98. The number of allylic oxidation sites excluding steroid dienone is 1. The minimum Gasteiger partial charge on any atom is -0.350 e. The molecule has 0 saturated heterocycles. The number of primary amides is 1. The number of benzene rings is 2. The Morgan fingerprint density at radius 3 is 2.76 bits per heavy atom. The first-order valence-corrected chi connectivity index (χ1v) is 6.98. The molecule has 3 N–H and O–H groups in total. The van der Waals surface area contributed by atoms with Gasteiger partial charge in [0, 0.05) is 0 Å². The Labute approximate surface area is 124 Å². The van der Waals surface area contributed by atoms with Crippen LogP contribution in [0.1, 0.15) is 25.3 Å². The van der Waals surface area contributed by atoms with Crippen molar-refractivity contribution in [3.8, 4) is 0 Å². The normalized spacial score (nSPS) is 12.0. The van der Waals surface area contributed by atoms with Crippen LogP contribution in [0.5, 0.6) is 0 Å². The van der Waals surface area contributed by atoms with Crippen LogP contribution in [0, 0.1) is 0 Å². The van der Waals surface area contributed by atoms with Crippen molar-refractivity contribution in [1.29, 1.82) is 0 Å². The van der Waals surface area contributed by atoms with Crippen molar-refractivity contribution in [1.82, 2.24) is 5.43 Å². The SMILES string of the molecule is CCCC(C=Cc1cccc2ccccc12)=NNC(N)=O. The zero-order valence-electron chi connectivity index (χ0n) is 12.0. The number of hydrogen-bond donors (Lipinski definition) is 2. The molecule has 2 amide bonds. The average molecular weight is 281 g/mol. The minimum absolute atomic E-state index is 0.651. The van der Waals surface area contributed by atoms with E-state index in [1.165, 1.54) is 10.8 Å². The van der Waals surface area contributed by atoms with Gasteiger partial charge in [0.2, 0.25) is 0 Å². The average Bonchev–Trinajstić information content (AvgIpc) is 2.50. The molecule has 0 aliphatic carbocycles. The fraction of sp³-hybridized carbons (Fsp3) is 0.176. The van der Waals surface area contributed by atoms with E-state index in [1.807, 2.05) is 30.4 Å². The zero-order chi connectivity index (χ0) is 15.1. The van der Waals surface area contributed by atoms with Gasteiger partial charge in [0.15, 0.2) is 0 Å². The third-order valence-corrected chi connectivity index (χ3v) is 3.09. The number of carbonyl (C=O) groups excluding carboxylic acids is 1. The fourth-order valence-electron chi connectivity index (χ4n) is 2.14. The molecule has 0 unspecified atom stereocenters. The van der Waals surface area contributed by atoms with Crippen LogP contribution in [-0.2, 0) is 0 Å². The lowest BCUT2D eigenvalue weighted by atomic mass is 10.0. The van der Waals surface area contributed by atoms with Crippen LogP contribution in [0.15, 0.2) is 53.6 Å². The second-order valence-electron chi connectivity index (χ2n) is 4.73. The lowest BCUT2D eigenvalue weighted by Crippen LogP contribution is -2.25. The Balaban J connectivity index is 2.28. The number of rotatable bonds is 5. The molecule has 0 aromatic heterocycles. The first kappa shape index (κ1) is 14.8. The quantitative estimate of drug-likeness (QED) is 0.637. The summed E-state index contributed by atoms with van der Waals surface area (Å²) in [6, 6.07) is 13.7. The Bertz CT molecular complexity index is 684. The molecule has 2 aromatic carbocycles. The van der Waals surface area contributed by atoms with E-state index < -0.39 is 6.03 Å². The van der Waals surface area contributed by atoms with Gasteiger partial charge < -0.3 is 5.73 Å². The van der Waals surface area contributed by atoms with E-state index in [9.17, 15) is 4.79 Å². The van der Waals surface area contributed by atoms with E-state index in [4.69, 9.17) is 5.73 Å². The number of urea groups is 1. The predicted molar refractivity (Wildman–Crippen MR) is 88.0 cm³/mol. The summed E-state index contributed by atoms with van der Waals surface area (Å²) in [5, 5.41) is 6.40. The largest absolute Gasteiger partial charge is 0.350 e. The topological polar surface area (TPSA) is 67.5 Å². The van der Waals surface area contributed by atoms with Crippen LogP contribution in [0.3, 0.4) is 0 Å². The molecule has 0 radical (unpaired) electrons. The van der Waals surface area contributed by atoms with Gasteiger partial charge in [-0.25, -0.2) is 10.2 Å². The molecule has 0 atom stereocenters. The Kier molecular flexibility index (Phi) is 5.10. The highest BCUT2D eigenvalue weighted by molar-refractivity contribution is 6.01. The summed E-state index contributed by atoms with van der Waals surface area (Å²) in [6.45, 7) is 2.06. The van der Waals surface area contributed by atoms with E-state index in [0.717, 1.165) is 24.1 Å². The predicted octanol–water partition coefficient (Wildman–Crippen LogP) is 3.68. The van der Waals surface area contributed by atoms with E-state index in [2.05, 4.69) is 41.7 Å². The van der Waals surface area contributed by atoms with Crippen LogP contribution in [0.25, 0.3) is 16.8 Å². The lowest BCUT2D eigenvalue weighted by molar-refractivity contribution is 0.249. The number of fused-ring (bicyclic) bond motifs is 1. The number of nitrogens with two attached hydrogens (primary N) is 1. The summed E-state index contributed by atoms with van der Waals surface area (Å²) in [7, 11) is 0. The maximum absolute atomic E-state index is 10.7. The van der Waals surface area contributed by atoms with Gasteiger partial charge in [0.25, 0.3) is 0 Å². The summed E-state index contributed by atoms with van der Waals surface area (Å²) in [5.41, 5.74) is 9.23. The van der Waals surface area contributed by atoms with Crippen LogP contribution < -0.4 is 11.2 Å². The number of amides is 2. The molecular formula is C17H19N3O. The molecule has 2 aromatic rings. The fourth-order valence-corrected chi connectivity index (χ4v) is 2.14. The first-order chi connectivity index (χ1) is 10.2. The number of nitrogens with zero attached hydrogens (tertiary/aromatic N) is 1. The number of carbonyl (C=O) groups is 1. The standard InChI is InChI=1S/C17H19N3O/c1-2-6-15(19-20-17(18)21)12-11-14-9-5-8-13-7-3-4-10-16(13)14/h3-5,7-12H,2,6H2,1H3,(H3,18,20,21). The first-order valence-electron chi connectivity index (χ1n) is 6.98. The molecule has 0 saturated carbocycles. The van der Waals surface area contributed by atoms with Gasteiger partial charge in [0.05, 0.1) is 5.71 Å². The highest BCUT2D eigenvalue weighted by atomic mass is 16.2. The molecule has 108 valence electrons. The molecule has 2 rings (SSSR count). The second-order valence-corrected chi connectivity index (χ2v) is 4.73. The van der Waals surface area contributed by atoms with Crippen LogP contribution in [-0.4, -0.2) is 11.7 Å². The molecule has 0 aliphatic rings. The third-order valence-electron chi connectivity index (χ3n) is 3.09. The van der Waals surface area contributed by atoms with Gasteiger partial charge in [-0.15, -0.1) is 0 Å². The Hall–Kier alpha value is -2.62. The summed E-state index contributed by atoms with van der Waals surface area (Å²) in [4.78, 5) is 10.7. The van der Waals surface area contributed by atoms with Crippen molar-refractivity contribution < 1.29 is 4.79 Å². The van der Waals surface area contributed by atoms with Crippen molar-refractivity contribution >= 4 is 28.6 Å². The van der Waals surface area contributed by atoms with Gasteiger partial charge >= 0.3 is 6.03 Å². The van der Waals surface area contributed by atoms with E-state index in [0.29, 0.717) is 0 Å². The molecule has 0 spiro atoms. The molecule has 4 heteroatoms. The molecule has 0 fully saturated rings. The van der Waals surface area contributed by atoms with Crippen molar-refractivity contribution in [2.45, 2.75) is 19.8 Å². The van der Waals surface area contributed by atoms with Gasteiger partial charge in [-0.2, -0.15) is 5.10 Å². The summed E-state index contributed by atoms with van der Waals surface area (Å²) < 4.78 is 0. The van der Waals surface area contributed by atoms with Gasteiger partial charge in [-0.05, 0) is 28.8 Å². The summed E-state index contributed by atoms with van der Waals surface area (Å²) in [6.07, 6.45) is 5.65. The third kappa shape index (κ3) is 4.18. The maximum Gasteiger partial charge on any atom is 0.332 e. The smallest absolute Gasteiger partial charge is 0.332 e. The molecule has 4 nitrogen and oxygen atoms in total. The monoisotopic (exact) mass is 281 g/mol. The molecule has 0 aliphatic heterocycles. The number of hydrogen-bond acceptors (Lipinski definition) is 2. The van der Waals surface area contributed by atoms with Crippen LogP contribution in [0.4, 0.5) is 4.79 Å². The molecule has 21 heavy (non-hydrogen) atoms. The van der Waals surface area contributed by atoms with Crippen molar-refractivity contribution in [2.24, 2.45) is 10.8 Å². The van der Waals surface area contributed by atoms with Crippen molar-refractivity contribution in [3.05, 3.63) is 54.1 Å². The molecule has 0 heterocycles. The Morgan fingerprint density at radius 2 is 2.00 bits per heavy atom. The van der Waals surface area contributed by atoms with E-state index >= 15 is 0 Å². The van der Waals surface area contributed by atoms with Crippen LogP contribution >= 0.6 is 0 Å². The summed E-state index contributed by atoms with van der Waals surface area (Å²) in [5.74, 6) is 0. The van der Waals surface area contributed by atoms with Crippen LogP contribution in [0.2, 0.25) is 0 Å². The lowest BCUT2D eigenvalue weighted by Gasteiger charge is -2.03. The Morgan fingerprint density at radius 1 is 1.24 bits per heavy atom. The number of hydrazone groups is 1. The van der Waals surface area contributed by atoms with Gasteiger partial charge in [0.1, 0.15) is 0 Å². The van der Waals surface area contributed by atoms with Crippen molar-refractivity contribution in [3.63, 3.8) is 0 Å². The molecule has 0 bridgehead atoms. The molecular weight excluding hydrogens is 262 g/mol. The highest BCUT2D eigenvalue weighted by Crippen LogP contribution is 2.19. The van der Waals surface area contributed by atoms with E-state index in [1.54, 1.807) is 0 Å². The second kappa shape index (κ2) is 7.24. The zero-order valence-corrected chi connectivity index (χ0v) is 12.0. The maximum atomic E-state index is 10.7. The van der Waals surface area contributed by atoms with Gasteiger partial charge in [-0.1, -0.05) is 61.9 Å².